The highest BCUT2D eigenvalue weighted by Crippen LogP contribution is 2.23. The van der Waals surface area contributed by atoms with E-state index in [4.69, 9.17) is 9.47 Å². The second kappa shape index (κ2) is 7.62. The maximum absolute atomic E-state index is 11.6. The van der Waals surface area contributed by atoms with Crippen LogP contribution in [0.1, 0.15) is 39.4 Å². The number of esters is 2. The molecule has 0 amide bonds. The monoisotopic (exact) mass is 290 g/mol. The molecule has 1 aromatic rings. The number of carbonyl (C=O) groups excluding carboxylic acids is 2. The Hall–Kier alpha value is -2.10. The van der Waals surface area contributed by atoms with Crippen LogP contribution >= 0.6 is 0 Å². The highest BCUT2D eigenvalue weighted by Gasteiger charge is 2.16. The largest absolute Gasteiger partial charge is 0.453 e. The van der Waals surface area contributed by atoms with Crippen molar-refractivity contribution < 1.29 is 19.1 Å². The van der Waals surface area contributed by atoms with Crippen LogP contribution < -0.4 is 4.74 Å². The molecule has 1 unspecified atom stereocenters. The van der Waals surface area contributed by atoms with E-state index in [2.05, 4.69) is 6.58 Å². The molecule has 4 heteroatoms. The lowest BCUT2D eigenvalue weighted by Gasteiger charge is -2.16. The van der Waals surface area contributed by atoms with Crippen LogP contribution in [0.5, 0.6) is 5.75 Å². The number of ether oxygens (including phenoxy) is 2. The Morgan fingerprint density at radius 3 is 1.95 bits per heavy atom. The zero-order valence-corrected chi connectivity index (χ0v) is 13.0. The van der Waals surface area contributed by atoms with Crippen LogP contribution in [0.3, 0.4) is 0 Å². The van der Waals surface area contributed by atoms with Gasteiger partial charge in [-0.3, -0.25) is 9.59 Å². The summed E-state index contributed by atoms with van der Waals surface area (Å²) in [7, 11) is 0. The van der Waals surface area contributed by atoms with Crippen molar-refractivity contribution in [1.29, 1.82) is 0 Å². The summed E-state index contributed by atoms with van der Waals surface area (Å²) in [5, 5.41) is 0. The molecule has 0 aliphatic rings. The number of carbonyl (C=O) groups is 2. The van der Waals surface area contributed by atoms with Gasteiger partial charge in [-0.2, -0.15) is 0 Å². The van der Waals surface area contributed by atoms with E-state index in [1.165, 1.54) is 0 Å². The Morgan fingerprint density at radius 2 is 1.52 bits per heavy atom. The third-order valence-electron chi connectivity index (χ3n) is 2.83. The van der Waals surface area contributed by atoms with Crippen molar-refractivity contribution >= 4 is 11.9 Å². The molecule has 0 saturated carbocycles. The molecule has 0 N–H and O–H groups in total. The lowest BCUT2D eigenvalue weighted by molar-refractivity contribution is -0.151. The highest BCUT2D eigenvalue weighted by atomic mass is 16.5. The molecule has 0 heterocycles. The molecule has 0 bridgehead atoms. The zero-order valence-electron chi connectivity index (χ0n) is 13.0. The van der Waals surface area contributed by atoms with Gasteiger partial charge in [-0.15, -0.1) is 0 Å². The summed E-state index contributed by atoms with van der Waals surface area (Å²) in [4.78, 5) is 23.1. The minimum Gasteiger partial charge on any atom is -0.453 e. The van der Waals surface area contributed by atoms with Crippen molar-refractivity contribution in [2.45, 2.75) is 33.8 Å². The molecule has 1 aromatic carbocycles. The minimum atomic E-state index is -0.505. The lowest BCUT2D eigenvalue weighted by Crippen LogP contribution is -2.15. The van der Waals surface area contributed by atoms with Crippen molar-refractivity contribution in [3.8, 4) is 5.75 Å². The highest BCUT2D eigenvalue weighted by molar-refractivity contribution is 5.74. The Kier molecular flexibility index (Phi) is 6.15. The quantitative estimate of drug-likeness (QED) is 0.455. The van der Waals surface area contributed by atoms with E-state index >= 15 is 0 Å². The van der Waals surface area contributed by atoms with Crippen molar-refractivity contribution in [3.63, 3.8) is 0 Å². The predicted octanol–water partition coefficient (Wildman–Crippen LogP) is 3.67. The molecular weight excluding hydrogens is 268 g/mol. The first kappa shape index (κ1) is 17.0. The van der Waals surface area contributed by atoms with Crippen molar-refractivity contribution in [3.05, 3.63) is 42.5 Å². The zero-order chi connectivity index (χ0) is 16.0. The molecule has 4 nitrogen and oxygen atoms in total. The third-order valence-corrected chi connectivity index (χ3v) is 2.83. The molecule has 1 rings (SSSR count). The van der Waals surface area contributed by atoms with Crippen molar-refractivity contribution in [2.24, 2.45) is 11.8 Å². The van der Waals surface area contributed by atoms with Gasteiger partial charge in [-0.25, -0.2) is 0 Å². The third kappa shape index (κ3) is 5.06. The smallest absolute Gasteiger partial charge is 0.313 e. The van der Waals surface area contributed by atoms with E-state index < -0.39 is 6.10 Å². The van der Waals surface area contributed by atoms with E-state index in [1.54, 1.807) is 58.0 Å². The topological polar surface area (TPSA) is 52.6 Å². The fourth-order valence-corrected chi connectivity index (χ4v) is 1.47. The molecule has 0 spiro atoms. The summed E-state index contributed by atoms with van der Waals surface area (Å²) >= 11 is 0. The Morgan fingerprint density at radius 1 is 1.00 bits per heavy atom. The molecule has 0 saturated heterocycles. The lowest BCUT2D eigenvalue weighted by atomic mass is 10.1. The second-order valence-corrected chi connectivity index (χ2v) is 5.39. The van der Waals surface area contributed by atoms with Gasteiger partial charge in [0.15, 0.2) is 0 Å². The van der Waals surface area contributed by atoms with Crippen LogP contribution in [-0.2, 0) is 14.3 Å². The first-order valence-corrected chi connectivity index (χ1v) is 6.99. The van der Waals surface area contributed by atoms with E-state index in [0.717, 1.165) is 5.56 Å². The SMILES string of the molecule is C=CC(OC(=O)C(C)C)c1ccc(OC(=O)C(C)C)cc1. The normalized spacial score (nSPS) is 12.1. The average molecular weight is 290 g/mol. The van der Waals surface area contributed by atoms with Gasteiger partial charge < -0.3 is 9.47 Å². The van der Waals surface area contributed by atoms with Gasteiger partial charge in [0, 0.05) is 0 Å². The van der Waals surface area contributed by atoms with E-state index in [1.807, 2.05) is 0 Å². The molecule has 0 aliphatic heterocycles. The van der Waals surface area contributed by atoms with Crippen molar-refractivity contribution in [1.82, 2.24) is 0 Å². The van der Waals surface area contributed by atoms with Crippen molar-refractivity contribution in [2.75, 3.05) is 0 Å². The van der Waals surface area contributed by atoms with Crippen LogP contribution in [0.15, 0.2) is 36.9 Å². The van der Waals surface area contributed by atoms with Gasteiger partial charge in [0.25, 0.3) is 0 Å². The summed E-state index contributed by atoms with van der Waals surface area (Å²) in [5.41, 5.74) is 0.781. The van der Waals surface area contributed by atoms with Gasteiger partial charge in [-0.05, 0) is 23.8 Å². The van der Waals surface area contributed by atoms with Crippen LogP contribution in [0, 0.1) is 11.8 Å². The fraction of sp³-hybridized carbons (Fsp3) is 0.412. The van der Waals surface area contributed by atoms with Gasteiger partial charge in [0.05, 0.1) is 11.8 Å². The molecular formula is C17H22O4. The molecule has 0 fully saturated rings. The van der Waals surface area contributed by atoms with Crippen LogP contribution in [0.2, 0.25) is 0 Å². The first-order valence-electron chi connectivity index (χ1n) is 6.99. The molecule has 114 valence electrons. The van der Waals surface area contributed by atoms with E-state index in [0.29, 0.717) is 5.75 Å². The van der Waals surface area contributed by atoms with Crippen LogP contribution in [0.4, 0.5) is 0 Å². The van der Waals surface area contributed by atoms with Gasteiger partial charge in [0.1, 0.15) is 11.9 Å². The number of hydrogen-bond donors (Lipinski definition) is 0. The summed E-state index contributed by atoms with van der Waals surface area (Å²) in [6.45, 7) is 10.8. The summed E-state index contributed by atoms with van der Waals surface area (Å²) in [6.07, 6.45) is 1.06. The summed E-state index contributed by atoms with van der Waals surface area (Å²) < 4.78 is 10.5. The van der Waals surface area contributed by atoms with E-state index in [-0.39, 0.29) is 23.8 Å². The van der Waals surface area contributed by atoms with Gasteiger partial charge in [0.2, 0.25) is 0 Å². The van der Waals surface area contributed by atoms with E-state index in [9.17, 15) is 9.59 Å². The Bertz CT molecular complexity index is 500. The van der Waals surface area contributed by atoms with Gasteiger partial charge in [-0.1, -0.05) is 46.4 Å². The Labute approximate surface area is 125 Å². The number of benzene rings is 1. The molecule has 21 heavy (non-hydrogen) atoms. The maximum Gasteiger partial charge on any atom is 0.313 e. The second-order valence-electron chi connectivity index (χ2n) is 5.39. The standard InChI is InChI=1S/C17H22O4/c1-6-15(21-17(19)12(4)5)13-7-9-14(10-8-13)20-16(18)11(2)3/h6-12,15H,1H2,2-5H3. The predicted molar refractivity (Wildman–Crippen MR) is 80.8 cm³/mol. The van der Waals surface area contributed by atoms with Gasteiger partial charge >= 0.3 is 11.9 Å². The fourth-order valence-electron chi connectivity index (χ4n) is 1.47. The molecule has 0 radical (unpaired) electrons. The molecule has 1 atom stereocenters. The number of rotatable bonds is 6. The molecule has 0 aromatic heterocycles. The van der Waals surface area contributed by atoms with Crippen LogP contribution in [-0.4, -0.2) is 11.9 Å². The number of hydrogen-bond acceptors (Lipinski definition) is 4. The minimum absolute atomic E-state index is 0.183. The first-order chi connectivity index (χ1) is 9.85. The van der Waals surface area contributed by atoms with Crippen LogP contribution in [0.25, 0.3) is 0 Å². The molecule has 0 aliphatic carbocycles. The Balaban J connectivity index is 2.77. The summed E-state index contributed by atoms with van der Waals surface area (Å²) in [5.74, 6) is -0.476. The average Bonchev–Trinajstić information content (AvgIpc) is 2.45. The maximum atomic E-state index is 11.6. The summed E-state index contributed by atoms with van der Waals surface area (Å²) in [6, 6.07) is 6.86.